The van der Waals surface area contributed by atoms with Gasteiger partial charge < -0.3 is 9.84 Å². The first-order valence-corrected chi connectivity index (χ1v) is 9.87. The van der Waals surface area contributed by atoms with Gasteiger partial charge in [-0.3, -0.25) is 4.90 Å². The van der Waals surface area contributed by atoms with E-state index in [4.69, 9.17) is 27.9 Å². The zero-order chi connectivity index (χ0) is 19.9. The molecule has 0 aromatic heterocycles. The summed E-state index contributed by atoms with van der Waals surface area (Å²) < 4.78 is 5.68. The molecule has 0 bridgehead atoms. The zero-order valence-electron chi connectivity index (χ0n) is 15.6. The first-order valence-electron chi connectivity index (χ1n) is 9.11. The monoisotopic (exact) mass is 415 g/mol. The quantitative estimate of drug-likeness (QED) is 0.530. The fraction of sp³-hybridized carbons (Fsp3) is 0.217. The Morgan fingerprint density at radius 2 is 1.32 bits per heavy atom. The molecule has 3 rings (SSSR count). The number of likely N-dealkylation sites (N-methyl/N-ethyl adjacent to an activating group) is 1. The van der Waals surface area contributed by atoms with Crippen LogP contribution in [-0.4, -0.2) is 36.3 Å². The number of aliphatic hydroxyl groups excluding tert-OH is 1. The van der Waals surface area contributed by atoms with Crippen molar-refractivity contribution in [2.75, 3.05) is 20.2 Å². The SMILES string of the molecule is CN(C[C@H](O)COc1c(Cl)cccc1Cl)C(c1ccccc1)c1ccccc1. The van der Waals surface area contributed by atoms with E-state index < -0.39 is 6.10 Å². The lowest BCUT2D eigenvalue weighted by Crippen LogP contribution is -2.36. The number of halogens is 2. The average Bonchev–Trinajstić information content (AvgIpc) is 2.69. The van der Waals surface area contributed by atoms with Crippen molar-refractivity contribution < 1.29 is 9.84 Å². The van der Waals surface area contributed by atoms with E-state index in [0.717, 1.165) is 0 Å². The average molecular weight is 416 g/mol. The van der Waals surface area contributed by atoms with Gasteiger partial charge in [-0.25, -0.2) is 0 Å². The molecule has 0 aliphatic carbocycles. The first-order chi connectivity index (χ1) is 13.6. The van der Waals surface area contributed by atoms with Crippen molar-refractivity contribution >= 4 is 23.2 Å². The fourth-order valence-corrected chi connectivity index (χ4v) is 3.77. The van der Waals surface area contributed by atoms with Crippen molar-refractivity contribution in [1.82, 2.24) is 4.90 Å². The van der Waals surface area contributed by atoms with Crippen molar-refractivity contribution in [3.05, 3.63) is 100 Å². The summed E-state index contributed by atoms with van der Waals surface area (Å²) in [4.78, 5) is 2.12. The molecule has 0 unspecified atom stereocenters. The zero-order valence-corrected chi connectivity index (χ0v) is 17.1. The first kappa shape index (κ1) is 20.7. The van der Waals surface area contributed by atoms with Crippen molar-refractivity contribution in [1.29, 1.82) is 0 Å². The lowest BCUT2D eigenvalue weighted by molar-refractivity contribution is 0.0682. The molecule has 0 heterocycles. The van der Waals surface area contributed by atoms with Crippen LogP contribution in [0.4, 0.5) is 0 Å². The highest BCUT2D eigenvalue weighted by Crippen LogP contribution is 2.32. The Labute approximate surface area is 176 Å². The minimum absolute atomic E-state index is 0.0287. The van der Waals surface area contributed by atoms with E-state index in [1.165, 1.54) is 11.1 Å². The van der Waals surface area contributed by atoms with E-state index in [1.54, 1.807) is 18.2 Å². The number of benzene rings is 3. The van der Waals surface area contributed by atoms with Crippen molar-refractivity contribution in [3.63, 3.8) is 0 Å². The predicted molar refractivity (Wildman–Crippen MR) is 115 cm³/mol. The van der Waals surface area contributed by atoms with Crippen LogP contribution in [0.25, 0.3) is 0 Å². The van der Waals surface area contributed by atoms with Crippen molar-refractivity contribution in [3.8, 4) is 5.75 Å². The van der Waals surface area contributed by atoms with Crippen molar-refractivity contribution in [2.24, 2.45) is 0 Å². The van der Waals surface area contributed by atoms with Gasteiger partial charge in [0.1, 0.15) is 12.7 Å². The second-order valence-electron chi connectivity index (χ2n) is 6.68. The van der Waals surface area contributed by atoms with E-state index >= 15 is 0 Å². The summed E-state index contributed by atoms with van der Waals surface area (Å²) in [5, 5.41) is 11.4. The van der Waals surface area contributed by atoms with Crippen LogP contribution in [-0.2, 0) is 0 Å². The Morgan fingerprint density at radius 3 is 1.82 bits per heavy atom. The van der Waals surface area contributed by atoms with Gasteiger partial charge in [0, 0.05) is 6.54 Å². The third kappa shape index (κ3) is 5.27. The molecule has 1 N–H and O–H groups in total. The molecule has 3 nitrogen and oxygen atoms in total. The van der Waals surface area contributed by atoms with Gasteiger partial charge in [-0.15, -0.1) is 0 Å². The highest BCUT2D eigenvalue weighted by molar-refractivity contribution is 6.37. The highest BCUT2D eigenvalue weighted by atomic mass is 35.5. The number of ether oxygens (including phenoxy) is 1. The van der Waals surface area contributed by atoms with E-state index in [9.17, 15) is 5.11 Å². The Kier molecular flexibility index (Phi) is 7.35. The van der Waals surface area contributed by atoms with Crippen LogP contribution < -0.4 is 4.74 Å². The number of hydrogen-bond acceptors (Lipinski definition) is 3. The molecular formula is C23H23Cl2NO2. The van der Waals surface area contributed by atoms with Crippen LogP contribution in [0.15, 0.2) is 78.9 Å². The van der Waals surface area contributed by atoms with Crippen LogP contribution in [0, 0.1) is 0 Å². The molecule has 5 heteroatoms. The number of nitrogens with zero attached hydrogens (tertiary/aromatic N) is 1. The second-order valence-corrected chi connectivity index (χ2v) is 7.49. The largest absolute Gasteiger partial charge is 0.488 e. The number of hydrogen-bond donors (Lipinski definition) is 1. The van der Waals surface area contributed by atoms with E-state index in [-0.39, 0.29) is 12.6 Å². The molecule has 0 amide bonds. The molecule has 0 spiro atoms. The third-order valence-electron chi connectivity index (χ3n) is 4.51. The van der Waals surface area contributed by atoms with Gasteiger partial charge in [0.2, 0.25) is 0 Å². The minimum atomic E-state index is -0.702. The summed E-state index contributed by atoms with van der Waals surface area (Å²) in [6, 6.07) is 25.7. The molecular weight excluding hydrogens is 393 g/mol. The van der Waals surface area contributed by atoms with Crippen LogP contribution in [0.5, 0.6) is 5.75 Å². The van der Waals surface area contributed by atoms with Gasteiger partial charge in [-0.1, -0.05) is 89.9 Å². The molecule has 0 aliphatic rings. The van der Waals surface area contributed by atoms with Gasteiger partial charge in [0.15, 0.2) is 5.75 Å². The molecule has 3 aromatic carbocycles. The predicted octanol–water partition coefficient (Wildman–Crippen LogP) is 5.45. The lowest BCUT2D eigenvalue weighted by atomic mass is 9.97. The topological polar surface area (TPSA) is 32.7 Å². The standard InChI is InChI=1S/C23H23Cl2NO2/c1-26(15-19(27)16-28-23-20(24)13-8-14-21(23)25)22(17-9-4-2-5-10-17)18-11-6-3-7-12-18/h2-14,19,22,27H,15-16H2,1H3/t19-/m0/s1. The molecule has 0 aliphatic heterocycles. The van der Waals surface area contributed by atoms with Crippen molar-refractivity contribution in [2.45, 2.75) is 12.1 Å². The van der Waals surface area contributed by atoms with Crippen LogP contribution >= 0.6 is 23.2 Å². The van der Waals surface area contributed by atoms with Crippen LogP contribution in [0.2, 0.25) is 10.0 Å². The van der Waals surface area contributed by atoms with Crippen LogP contribution in [0.1, 0.15) is 17.2 Å². The number of rotatable bonds is 8. The summed E-state index contributed by atoms with van der Waals surface area (Å²) in [6.07, 6.45) is -0.702. The number of para-hydroxylation sites is 1. The maximum absolute atomic E-state index is 10.6. The van der Waals surface area contributed by atoms with E-state index in [1.807, 2.05) is 43.4 Å². The van der Waals surface area contributed by atoms with Crippen LogP contribution in [0.3, 0.4) is 0 Å². The van der Waals surface area contributed by atoms with Gasteiger partial charge in [0.25, 0.3) is 0 Å². The van der Waals surface area contributed by atoms with E-state index in [0.29, 0.717) is 22.3 Å². The van der Waals surface area contributed by atoms with E-state index in [2.05, 4.69) is 29.2 Å². The Balaban J connectivity index is 1.70. The summed E-state index contributed by atoms with van der Waals surface area (Å²) in [6.45, 7) is 0.528. The van der Waals surface area contributed by atoms with Gasteiger partial charge in [-0.2, -0.15) is 0 Å². The lowest BCUT2D eigenvalue weighted by Gasteiger charge is -2.30. The smallest absolute Gasteiger partial charge is 0.156 e. The number of aliphatic hydroxyl groups is 1. The maximum atomic E-state index is 10.6. The Morgan fingerprint density at radius 1 is 0.821 bits per heavy atom. The Bertz CT molecular complexity index is 815. The summed E-state index contributed by atoms with van der Waals surface area (Å²) in [7, 11) is 2.00. The summed E-state index contributed by atoms with van der Waals surface area (Å²) in [5.41, 5.74) is 2.33. The molecule has 3 aromatic rings. The fourth-order valence-electron chi connectivity index (χ4n) is 3.26. The summed E-state index contributed by atoms with van der Waals surface area (Å²) in [5.74, 6) is 0.398. The van der Waals surface area contributed by atoms with Gasteiger partial charge >= 0.3 is 0 Å². The Hall–Kier alpha value is -2.04. The molecule has 1 atom stereocenters. The molecule has 0 saturated heterocycles. The second kappa shape index (κ2) is 9.94. The molecule has 0 fully saturated rings. The third-order valence-corrected chi connectivity index (χ3v) is 5.10. The minimum Gasteiger partial charge on any atom is -0.488 e. The summed E-state index contributed by atoms with van der Waals surface area (Å²) >= 11 is 12.3. The maximum Gasteiger partial charge on any atom is 0.156 e. The molecule has 146 valence electrons. The normalized spacial score (nSPS) is 12.4. The molecule has 28 heavy (non-hydrogen) atoms. The van der Waals surface area contributed by atoms with Gasteiger partial charge in [-0.05, 0) is 30.3 Å². The molecule has 0 saturated carbocycles. The highest BCUT2D eigenvalue weighted by Gasteiger charge is 2.22. The molecule has 0 radical (unpaired) electrons. The van der Waals surface area contributed by atoms with Gasteiger partial charge in [0.05, 0.1) is 16.1 Å².